The van der Waals surface area contributed by atoms with Gasteiger partial charge in [-0.05, 0) is 13.8 Å². The van der Waals surface area contributed by atoms with Crippen molar-refractivity contribution in [1.82, 2.24) is 0 Å². The molecule has 3 nitrogen and oxygen atoms in total. The zero-order valence-electron chi connectivity index (χ0n) is 8.05. The zero-order valence-corrected chi connectivity index (χ0v) is 8.05. The molecule has 0 aliphatic heterocycles. The fraction of sp³-hybridized carbons (Fsp3) is 0.778. The largest absolute Gasteiger partial charge is 0.481 e. The van der Waals surface area contributed by atoms with Crippen molar-refractivity contribution in [2.24, 2.45) is 11.3 Å². The number of ketones is 1. The molecule has 0 heterocycles. The number of carbonyl (C=O) groups is 2. The third-order valence-electron chi connectivity index (χ3n) is 1.84. The van der Waals surface area contributed by atoms with Crippen molar-refractivity contribution in [3.05, 3.63) is 0 Å². The van der Waals surface area contributed by atoms with E-state index in [0.29, 0.717) is 0 Å². The lowest BCUT2D eigenvalue weighted by Gasteiger charge is -2.18. The third-order valence-corrected chi connectivity index (χ3v) is 1.84. The van der Waals surface area contributed by atoms with Crippen molar-refractivity contribution in [1.29, 1.82) is 0 Å². The van der Waals surface area contributed by atoms with E-state index in [4.69, 9.17) is 5.11 Å². The van der Waals surface area contributed by atoms with Crippen molar-refractivity contribution in [3.8, 4) is 0 Å². The Kier molecular flexibility index (Phi) is 3.43. The molecule has 0 spiro atoms. The van der Waals surface area contributed by atoms with Crippen molar-refractivity contribution >= 4 is 11.8 Å². The van der Waals surface area contributed by atoms with Gasteiger partial charge in [0.2, 0.25) is 0 Å². The first-order valence-corrected chi connectivity index (χ1v) is 4.03. The summed E-state index contributed by atoms with van der Waals surface area (Å²) in [6, 6.07) is 0. The first kappa shape index (κ1) is 11.1. The summed E-state index contributed by atoms with van der Waals surface area (Å²) in [5.74, 6) is -0.998. The lowest BCUT2D eigenvalue weighted by molar-refractivity contribution is -0.149. The van der Waals surface area contributed by atoms with Gasteiger partial charge in [0.25, 0.3) is 0 Å². The van der Waals surface area contributed by atoms with Crippen molar-refractivity contribution in [3.63, 3.8) is 0 Å². The van der Waals surface area contributed by atoms with Gasteiger partial charge < -0.3 is 5.11 Å². The summed E-state index contributed by atoms with van der Waals surface area (Å²) in [6.07, 6.45) is 0.111. The first-order chi connectivity index (χ1) is 5.27. The molecule has 0 unspecified atom stereocenters. The molecule has 0 radical (unpaired) electrons. The van der Waals surface area contributed by atoms with Crippen molar-refractivity contribution < 1.29 is 14.7 Å². The Morgan fingerprint density at radius 3 is 2.00 bits per heavy atom. The highest BCUT2D eigenvalue weighted by Gasteiger charge is 2.30. The molecule has 0 fully saturated rings. The molecule has 0 bridgehead atoms. The van der Waals surface area contributed by atoms with Crippen LogP contribution in [0.25, 0.3) is 0 Å². The molecule has 12 heavy (non-hydrogen) atoms. The maximum Gasteiger partial charge on any atom is 0.309 e. The molecule has 0 rings (SSSR count). The van der Waals surface area contributed by atoms with E-state index in [1.165, 1.54) is 0 Å². The van der Waals surface area contributed by atoms with Crippen LogP contribution in [0.2, 0.25) is 0 Å². The maximum absolute atomic E-state index is 11.2. The lowest BCUT2D eigenvalue weighted by Crippen LogP contribution is -2.28. The number of hydrogen-bond donors (Lipinski definition) is 1. The Balaban J connectivity index is 4.25. The number of hydrogen-bond acceptors (Lipinski definition) is 2. The minimum absolute atomic E-state index is 0.00222. The van der Waals surface area contributed by atoms with E-state index in [0.717, 1.165) is 0 Å². The molecule has 0 saturated heterocycles. The van der Waals surface area contributed by atoms with Gasteiger partial charge in [0.1, 0.15) is 5.78 Å². The summed E-state index contributed by atoms with van der Waals surface area (Å²) >= 11 is 0. The van der Waals surface area contributed by atoms with E-state index < -0.39 is 11.4 Å². The Morgan fingerprint density at radius 1 is 1.33 bits per heavy atom. The lowest BCUT2D eigenvalue weighted by atomic mass is 9.85. The fourth-order valence-electron chi connectivity index (χ4n) is 0.715. The van der Waals surface area contributed by atoms with Gasteiger partial charge in [0.15, 0.2) is 0 Å². The van der Waals surface area contributed by atoms with Gasteiger partial charge in [-0.1, -0.05) is 13.8 Å². The quantitative estimate of drug-likeness (QED) is 0.702. The number of carboxylic acids is 1. The standard InChI is InChI=1S/C9H16O3/c1-6(2)7(10)5-9(3,4)8(11)12/h6H,5H2,1-4H3,(H,11,12). The highest BCUT2D eigenvalue weighted by atomic mass is 16.4. The highest BCUT2D eigenvalue weighted by Crippen LogP contribution is 2.22. The van der Waals surface area contributed by atoms with Crippen LogP contribution in [0.3, 0.4) is 0 Å². The second-order valence-corrected chi connectivity index (χ2v) is 3.99. The van der Waals surface area contributed by atoms with Crippen LogP contribution in [0.4, 0.5) is 0 Å². The van der Waals surface area contributed by atoms with Gasteiger partial charge in [0.05, 0.1) is 5.41 Å². The summed E-state index contributed by atoms with van der Waals surface area (Å²) in [4.78, 5) is 21.8. The summed E-state index contributed by atoms with van der Waals surface area (Å²) in [7, 11) is 0. The van der Waals surface area contributed by atoms with Gasteiger partial charge in [-0.15, -0.1) is 0 Å². The predicted octanol–water partition coefficient (Wildman–Crippen LogP) is 1.71. The SMILES string of the molecule is CC(C)C(=O)CC(C)(C)C(=O)O. The van der Waals surface area contributed by atoms with E-state index >= 15 is 0 Å². The minimum atomic E-state index is -0.929. The molecule has 0 aromatic heterocycles. The second-order valence-electron chi connectivity index (χ2n) is 3.99. The van der Waals surface area contributed by atoms with Crippen LogP contribution in [0.5, 0.6) is 0 Å². The van der Waals surface area contributed by atoms with Crippen LogP contribution in [0.1, 0.15) is 34.1 Å². The molecule has 3 heteroatoms. The Labute approximate surface area is 72.8 Å². The monoisotopic (exact) mass is 172 g/mol. The Hall–Kier alpha value is -0.860. The molecule has 0 aliphatic rings. The number of carboxylic acid groups (broad SMARTS) is 1. The van der Waals surface area contributed by atoms with Crippen molar-refractivity contribution in [2.45, 2.75) is 34.1 Å². The maximum atomic E-state index is 11.2. The molecule has 0 atom stereocenters. The van der Waals surface area contributed by atoms with Crippen LogP contribution in [-0.4, -0.2) is 16.9 Å². The normalized spacial score (nSPS) is 11.8. The number of aliphatic carboxylic acids is 1. The first-order valence-electron chi connectivity index (χ1n) is 4.03. The van der Waals surface area contributed by atoms with E-state index in [-0.39, 0.29) is 18.1 Å². The fourth-order valence-corrected chi connectivity index (χ4v) is 0.715. The minimum Gasteiger partial charge on any atom is -0.481 e. The molecule has 0 aromatic carbocycles. The average Bonchev–Trinajstić information content (AvgIpc) is 1.85. The van der Waals surface area contributed by atoms with E-state index in [9.17, 15) is 9.59 Å². The van der Waals surface area contributed by atoms with Crippen LogP contribution >= 0.6 is 0 Å². The van der Waals surface area contributed by atoms with Gasteiger partial charge in [-0.25, -0.2) is 0 Å². The van der Waals surface area contributed by atoms with Crippen LogP contribution in [0.15, 0.2) is 0 Å². The molecular formula is C9H16O3. The van der Waals surface area contributed by atoms with Gasteiger partial charge in [-0.3, -0.25) is 9.59 Å². The molecule has 0 amide bonds. The highest BCUT2D eigenvalue weighted by molar-refractivity contribution is 5.86. The molecule has 0 aliphatic carbocycles. The predicted molar refractivity (Wildman–Crippen MR) is 45.9 cm³/mol. The number of carbonyl (C=O) groups excluding carboxylic acids is 1. The van der Waals surface area contributed by atoms with E-state index in [2.05, 4.69) is 0 Å². The smallest absolute Gasteiger partial charge is 0.309 e. The van der Waals surface area contributed by atoms with Crippen LogP contribution < -0.4 is 0 Å². The van der Waals surface area contributed by atoms with Crippen LogP contribution in [-0.2, 0) is 9.59 Å². The second kappa shape index (κ2) is 3.70. The number of Topliss-reactive ketones (excluding diaryl/α,β-unsaturated/α-hetero) is 1. The van der Waals surface area contributed by atoms with Gasteiger partial charge >= 0.3 is 5.97 Å². The molecule has 0 saturated carbocycles. The molecule has 1 N–H and O–H groups in total. The van der Waals surface area contributed by atoms with Gasteiger partial charge in [-0.2, -0.15) is 0 Å². The summed E-state index contributed by atoms with van der Waals surface area (Å²) in [5.41, 5.74) is -0.929. The van der Waals surface area contributed by atoms with Crippen LogP contribution in [0, 0.1) is 11.3 Å². The van der Waals surface area contributed by atoms with E-state index in [1.54, 1.807) is 27.7 Å². The summed E-state index contributed by atoms with van der Waals surface area (Å²) in [5, 5.41) is 8.72. The topological polar surface area (TPSA) is 54.4 Å². The summed E-state index contributed by atoms with van der Waals surface area (Å²) in [6.45, 7) is 6.69. The zero-order chi connectivity index (χ0) is 9.94. The third kappa shape index (κ3) is 3.03. The molecular weight excluding hydrogens is 156 g/mol. The number of rotatable bonds is 4. The average molecular weight is 172 g/mol. The molecule has 0 aromatic rings. The Morgan fingerprint density at radius 2 is 1.75 bits per heavy atom. The van der Waals surface area contributed by atoms with Gasteiger partial charge in [0, 0.05) is 12.3 Å². The Bertz CT molecular complexity index is 192. The summed E-state index contributed by atoms with van der Waals surface area (Å²) < 4.78 is 0. The van der Waals surface area contributed by atoms with E-state index in [1.807, 2.05) is 0 Å². The molecule has 70 valence electrons. The van der Waals surface area contributed by atoms with Crippen molar-refractivity contribution in [2.75, 3.05) is 0 Å².